The van der Waals surface area contributed by atoms with E-state index in [1.807, 2.05) is 0 Å². The van der Waals surface area contributed by atoms with Crippen LogP contribution in [0.2, 0.25) is 0 Å². The van der Waals surface area contributed by atoms with Crippen LogP contribution in [0.4, 0.5) is 0 Å². The molecule has 0 aliphatic rings. The molecule has 0 radical (unpaired) electrons. The number of aliphatic hydroxyl groups is 5. The molecule has 0 amide bonds. The highest BCUT2D eigenvalue weighted by Gasteiger charge is 2.45. The van der Waals surface area contributed by atoms with Gasteiger partial charge in [0, 0.05) is 4.91 Å². The zero-order valence-corrected chi connectivity index (χ0v) is 7.50. The van der Waals surface area contributed by atoms with Crippen LogP contribution in [-0.2, 0) is 4.79 Å². The highest BCUT2D eigenvalue weighted by molar-refractivity contribution is 5.58. The fraction of sp³-hybridized carbons (Fsp3) is 0.833. The van der Waals surface area contributed by atoms with Crippen LogP contribution in [0.25, 0.3) is 10.4 Å². The topological polar surface area (TPSA) is 167 Å². The number of hydrogen-bond donors (Lipinski definition) is 5. The molecule has 9 nitrogen and oxygen atoms in total. The van der Waals surface area contributed by atoms with E-state index in [2.05, 4.69) is 10.0 Å². The lowest BCUT2D eigenvalue weighted by molar-refractivity contribution is -0.178. The first-order chi connectivity index (χ1) is 6.93. The maximum atomic E-state index is 10.2. The summed E-state index contributed by atoms with van der Waals surface area (Å²) >= 11 is 0. The Hall–Kier alpha value is -1.22. The molecule has 86 valence electrons. The van der Waals surface area contributed by atoms with Gasteiger partial charge in [0.05, 0.1) is 6.61 Å². The van der Waals surface area contributed by atoms with Gasteiger partial charge in [-0.1, -0.05) is 5.11 Å². The summed E-state index contributed by atoms with van der Waals surface area (Å²) in [6.07, 6.45) is -6.46. The van der Waals surface area contributed by atoms with Crippen molar-refractivity contribution in [2.45, 2.75) is 24.0 Å². The van der Waals surface area contributed by atoms with Gasteiger partial charge >= 0.3 is 0 Å². The summed E-state index contributed by atoms with van der Waals surface area (Å²) in [7, 11) is 0. The number of nitrogens with zero attached hydrogens (tertiary/aromatic N) is 3. The van der Waals surface area contributed by atoms with Gasteiger partial charge in [0.25, 0.3) is 0 Å². The van der Waals surface area contributed by atoms with Crippen molar-refractivity contribution in [1.29, 1.82) is 0 Å². The third kappa shape index (κ3) is 2.86. The van der Waals surface area contributed by atoms with Crippen molar-refractivity contribution >= 4 is 6.29 Å². The molecule has 0 aromatic rings. The van der Waals surface area contributed by atoms with Gasteiger partial charge in [-0.3, -0.25) is 0 Å². The van der Waals surface area contributed by atoms with Crippen molar-refractivity contribution in [2.24, 2.45) is 5.11 Å². The van der Waals surface area contributed by atoms with Gasteiger partial charge in [0.15, 0.2) is 6.29 Å². The second-order valence-electron chi connectivity index (χ2n) is 2.75. The van der Waals surface area contributed by atoms with Crippen LogP contribution in [0.5, 0.6) is 0 Å². The van der Waals surface area contributed by atoms with Gasteiger partial charge in [-0.05, 0) is 5.53 Å². The Labute approximate surface area is 83.8 Å². The molecule has 4 atom stereocenters. The van der Waals surface area contributed by atoms with E-state index in [0.717, 1.165) is 0 Å². The number of rotatable bonds is 6. The zero-order valence-electron chi connectivity index (χ0n) is 7.50. The summed E-state index contributed by atoms with van der Waals surface area (Å²) in [5.74, 6) is 0. The lowest BCUT2D eigenvalue weighted by Gasteiger charge is -2.32. The average Bonchev–Trinajstić information content (AvgIpc) is 2.25. The Balaban J connectivity index is 5.09. The van der Waals surface area contributed by atoms with E-state index in [0.29, 0.717) is 0 Å². The van der Waals surface area contributed by atoms with Crippen molar-refractivity contribution < 1.29 is 30.3 Å². The Morgan fingerprint density at radius 2 is 2.00 bits per heavy atom. The Morgan fingerprint density at radius 1 is 1.47 bits per heavy atom. The third-order valence-corrected chi connectivity index (χ3v) is 1.76. The molecule has 0 aliphatic heterocycles. The smallest absolute Gasteiger partial charge is 0.205 e. The van der Waals surface area contributed by atoms with E-state index in [1.54, 1.807) is 0 Å². The van der Waals surface area contributed by atoms with Crippen molar-refractivity contribution in [2.75, 3.05) is 6.61 Å². The van der Waals surface area contributed by atoms with Crippen LogP contribution in [-0.4, -0.2) is 62.5 Å². The molecule has 0 rings (SSSR count). The summed E-state index contributed by atoms with van der Waals surface area (Å²) in [6, 6.07) is 0. The monoisotopic (exact) mass is 221 g/mol. The maximum absolute atomic E-state index is 10.2. The first-order valence-corrected chi connectivity index (χ1v) is 3.83. The number of hydrogen-bond acceptors (Lipinski definition) is 7. The fourth-order valence-electron chi connectivity index (χ4n) is 0.848. The van der Waals surface area contributed by atoms with E-state index >= 15 is 0 Å². The lowest BCUT2D eigenvalue weighted by Crippen LogP contribution is -2.56. The van der Waals surface area contributed by atoms with Crippen LogP contribution in [0.15, 0.2) is 5.11 Å². The van der Waals surface area contributed by atoms with Gasteiger partial charge in [-0.2, -0.15) is 0 Å². The number of azide groups is 1. The molecule has 0 heterocycles. The van der Waals surface area contributed by atoms with E-state index in [1.165, 1.54) is 0 Å². The minimum atomic E-state index is -2.92. The number of aliphatic hydroxyl groups excluding tert-OH is 4. The molecule has 0 aromatic heterocycles. The molecule has 0 spiro atoms. The van der Waals surface area contributed by atoms with Crippen LogP contribution in [0.3, 0.4) is 0 Å². The predicted octanol–water partition coefficient (Wildman–Crippen LogP) is -2.74. The summed E-state index contributed by atoms with van der Waals surface area (Å²) < 4.78 is 0. The van der Waals surface area contributed by atoms with Gasteiger partial charge in [-0.25, -0.2) is 0 Å². The molecule has 0 fully saturated rings. The molecule has 9 heteroatoms. The Morgan fingerprint density at radius 3 is 2.33 bits per heavy atom. The second-order valence-corrected chi connectivity index (χ2v) is 2.75. The first kappa shape index (κ1) is 13.8. The number of carbonyl (C=O) groups excluding carboxylic acids is 1. The van der Waals surface area contributed by atoms with Crippen molar-refractivity contribution in [1.82, 2.24) is 0 Å². The lowest BCUT2D eigenvalue weighted by atomic mass is 9.97. The molecule has 15 heavy (non-hydrogen) atoms. The minimum absolute atomic E-state index is 0.179. The molecule has 0 aromatic carbocycles. The van der Waals surface area contributed by atoms with E-state index in [9.17, 15) is 15.0 Å². The van der Waals surface area contributed by atoms with Gasteiger partial charge < -0.3 is 30.3 Å². The SMILES string of the molecule is [N-]=[N+]=N[C@](O)([C@H](O)[C@H](O)CO)[C@@H](O)C=O. The summed E-state index contributed by atoms with van der Waals surface area (Å²) in [6.45, 7) is -0.948. The van der Waals surface area contributed by atoms with Gasteiger partial charge in [0.2, 0.25) is 5.72 Å². The molecule has 0 bridgehead atoms. The highest BCUT2D eigenvalue weighted by Crippen LogP contribution is 2.20. The summed E-state index contributed by atoms with van der Waals surface area (Å²) in [5, 5.41) is 47.7. The largest absolute Gasteiger partial charge is 0.394 e. The molecular weight excluding hydrogens is 210 g/mol. The van der Waals surface area contributed by atoms with Crippen LogP contribution >= 0.6 is 0 Å². The molecule has 0 aliphatic carbocycles. The predicted molar refractivity (Wildman–Crippen MR) is 45.3 cm³/mol. The molecule has 0 saturated heterocycles. The van der Waals surface area contributed by atoms with E-state index < -0.39 is 30.6 Å². The molecule has 0 unspecified atom stereocenters. The Kier molecular flexibility index (Phi) is 5.15. The zero-order chi connectivity index (χ0) is 12.1. The van der Waals surface area contributed by atoms with Crippen LogP contribution < -0.4 is 0 Å². The molecule has 0 saturated carbocycles. The average molecular weight is 221 g/mol. The van der Waals surface area contributed by atoms with E-state index in [-0.39, 0.29) is 6.29 Å². The highest BCUT2D eigenvalue weighted by atomic mass is 16.4. The van der Waals surface area contributed by atoms with Crippen molar-refractivity contribution in [3.63, 3.8) is 0 Å². The number of aldehydes is 1. The van der Waals surface area contributed by atoms with Crippen molar-refractivity contribution in [3.05, 3.63) is 10.4 Å². The Bertz CT molecular complexity index is 268. The van der Waals surface area contributed by atoms with Crippen molar-refractivity contribution in [3.8, 4) is 0 Å². The fourth-order valence-corrected chi connectivity index (χ4v) is 0.848. The summed E-state index contributed by atoms with van der Waals surface area (Å²) in [4.78, 5) is 12.3. The van der Waals surface area contributed by atoms with Gasteiger partial charge in [-0.15, -0.1) is 0 Å². The molecular formula is C6H11N3O6. The third-order valence-electron chi connectivity index (χ3n) is 1.76. The van der Waals surface area contributed by atoms with Gasteiger partial charge in [0.1, 0.15) is 18.3 Å². The quantitative estimate of drug-likeness (QED) is 0.141. The molecule has 5 N–H and O–H groups in total. The minimum Gasteiger partial charge on any atom is -0.394 e. The second kappa shape index (κ2) is 5.61. The van der Waals surface area contributed by atoms with Crippen LogP contribution in [0, 0.1) is 0 Å². The normalized spacial score (nSPS) is 20.6. The first-order valence-electron chi connectivity index (χ1n) is 3.83. The van der Waals surface area contributed by atoms with Crippen LogP contribution in [0.1, 0.15) is 0 Å². The standard InChI is InChI=1S/C6H11N3O6/c7-9-8-6(15,4(13)2-11)5(14)3(12)1-10/h2-5,10,12-15H,1H2/t3-,4+,5-,6-/m1/s1. The summed E-state index contributed by atoms with van der Waals surface area (Å²) in [5.41, 5.74) is 5.15. The number of carbonyl (C=O) groups is 1. The maximum Gasteiger partial charge on any atom is 0.205 e. The van der Waals surface area contributed by atoms with E-state index in [4.69, 9.17) is 20.9 Å².